The first kappa shape index (κ1) is 19.8. The molecule has 30 heavy (non-hydrogen) atoms. The van der Waals surface area contributed by atoms with E-state index in [1.807, 2.05) is 97.1 Å². The van der Waals surface area contributed by atoms with Gasteiger partial charge >= 0.3 is 0 Å². The van der Waals surface area contributed by atoms with Gasteiger partial charge in [0, 0.05) is 10.5 Å². The van der Waals surface area contributed by atoms with E-state index in [2.05, 4.69) is 0 Å². The Balaban J connectivity index is 1.87. The first-order valence-corrected chi connectivity index (χ1v) is 10.1. The van der Waals surface area contributed by atoms with Crippen molar-refractivity contribution in [3.05, 3.63) is 129 Å². The van der Waals surface area contributed by atoms with E-state index < -0.39 is 12.0 Å². The molecule has 3 aromatic rings. The Labute approximate surface area is 176 Å². The van der Waals surface area contributed by atoms with Crippen LogP contribution in [0.2, 0.25) is 0 Å². The summed E-state index contributed by atoms with van der Waals surface area (Å²) in [5.41, 5.74) is 3.33. The van der Waals surface area contributed by atoms with Crippen molar-refractivity contribution in [2.75, 3.05) is 0 Å². The first-order valence-electron chi connectivity index (χ1n) is 10.1. The van der Waals surface area contributed by atoms with Gasteiger partial charge < -0.3 is 0 Å². The van der Waals surface area contributed by atoms with Crippen molar-refractivity contribution in [3.63, 3.8) is 0 Å². The molecule has 0 radical (unpaired) electrons. The van der Waals surface area contributed by atoms with Crippen LogP contribution in [-0.4, -0.2) is 17.3 Å². The van der Waals surface area contributed by atoms with Crippen molar-refractivity contribution in [1.82, 2.24) is 0 Å². The molecule has 0 unspecified atom stereocenters. The van der Waals surface area contributed by atoms with Crippen molar-refractivity contribution in [2.45, 2.75) is 24.3 Å². The van der Waals surface area contributed by atoms with Gasteiger partial charge in [0.25, 0.3) is 0 Å². The van der Waals surface area contributed by atoms with Crippen LogP contribution >= 0.6 is 0 Å². The van der Waals surface area contributed by atoms with Gasteiger partial charge in [0.05, 0.1) is 11.8 Å². The largest absolute Gasteiger partial charge is 0.298 e. The number of carbonyl (C=O) groups is 1. The average Bonchev–Trinajstić information content (AvgIpc) is 2.80. The number of benzene rings is 3. The lowest BCUT2D eigenvalue weighted by molar-refractivity contribution is -0.531. The van der Waals surface area contributed by atoms with E-state index in [9.17, 15) is 14.9 Å². The maximum atomic E-state index is 12.4. The molecule has 0 amide bonds. The maximum Gasteiger partial charge on any atom is 0.231 e. The van der Waals surface area contributed by atoms with E-state index in [0.717, 1.165) is 23.0 Å². The van der Waals surface area contributed by atoms with E-state index in [1.54, 1.807) is 0 Å². The average molecular weight is 397 g/mol. The van der Waals surface area contributed by atoms with Gasteiger partial charge in [-0.15, -0.1) is 0 Å². The van der Waals surface area contributed by atoms with Crippen LogP contribution in [0.15, 0.2) is 103 Å². The van der Waals surface area contributed by atoms with Gasteiger partial charge in [0.2, 0.25) is 6.04 Å². The molecule has 4 nitrogen and oxygen atoms in total. The van der Waals surface area contributed by atoms with Gasteiger partial charge in [-0.25, -0.2) is 0 Å². The molecule has 0 aliphatic heterocycles. The second kappa shape index (κ2) is 8.87. The third-order valence-electron chi connectivity index (χ3n) is 5.97. The molecule has 4 atom stereocenters. The topological polar surface area (TPSA) is 60.2 Å². The highest BCUT2D eigenvalue weighted by molar-refractivity contribution is 5.77. The molecule has 3 aromatic carbocycles. The van der Waals surface area contributed by atoms with Crippen LogP contribution in [-0.2, 0) is 11.2 Å². The normalized spacial score (nSPS) is 23.4. The van der Waals surface area contributed by atoms with Gasteiger partial charge in [0.15, 0.2) is 0 Å². The monoisotopic (exact) mass is 397 g/mol. The standard InChI is InChI=1S/C26H23NO3/c28-18-23-17-22(16-19-10-4-1-5-11-19)24(20-12-6-2-7-13-20)26(27(29)30)25(23)21-14-8-3-9-15-21/h1-15,17-18,22,24-26H,16H2/t22-,24+,25+,26+/m0/s1. The van der Waals surface area contributed by atoms with E-state index in [4.69, 9.17) is 0 Å². The van der Waals surface area contributed by atoms with Crippen LogP contribution in [0.1, 0.15) is 28.5 Å². The Morgan fingerprint density at radius 1 is 0.800 bits per heavy atom. The molecule has 0 spiro atoms. The predicted octanol–water partition coefficient (Wildman–Crippen LogP) is 5.20. The lowest BCUT2D eigenvalue weighted by Gasteiger charge is -2.37. The molecule has 4 rings (SSSR count). The number of nitrogens with zero attached hydrogens (tertiary/aromatic N) is 1. The summed E-state index contributed by atoms with van der Waals surface area (Å²) < 4.78 is 0. The third-order valence-corrected chi connectivity index (χ3v) is 5.97. The summed E-state index contributed by atoms with van der Waals surface area (Å²) in [5.74, 6) is -1.06. The summed E-state index contributed by atoms with van der Waals surface area (Å²) in [7, 11) is 0. The third kappa shape index (κ3) is 3.94. The minimum absolute atomic E-state index is 0.148. The molecular formula is C26H23NO3. The van der Waals surface area contributed by atoms with Gasteiger partial charge in [-0.05, 0) is 29.0 Å². The Morgan fingerprint density at radius 2 is 1.33 bits per heavy atom. The first-order chi connectivity index (χ1) is 14.7. The molecule has 1 aliphatic rings. The van der Waals surface area contributed by atoms with Crippen LogP contribution < -0.4 is 0 Å². The number of nitro groups is 1. The fourth-order valence-electron chi connectivity index (χ4n) is 4.72. The number of hydrogen-bond donors (Lipinski definition) is 0. The second-order valence-corrected chi connectivity index (χ2v) is 7.74. The second-order valence-electron chi connectivity index (χ2n) is 7.74. The fraction of sp³-hybridized carbons (Fsp3) is 0.192. The molecule has 0 N–H and O–H groups in total. The van der Waals surface area contributed by atoms with Gasteiger partial charge in [-0.3, -0.25) is 14.9 Å². The van der Waals surface area contributed by atoms with Gasteiger partial charge in [0.1, 0.15) is 6.29 Å². The summed E-state index contributed by atoms with van der Waals surface area (Å²) in [5, 5.41) is 12.4. The van der Waals surface area contributed by atoms with Crippen LogP contribution in [0.4, 0.5) is 0 Å². The summed E-state index contributed by atoms with van der Waals surface area (Å²) >= 11 is 0. The maximum absolute atomic E-state index is 12.4. The number of carbonyl (C=O) groups excluding carboxylic acids is 1. The van der Waals surface area contributed by atoms with Crippen LogP contribution in [0.25, 0.3) is 0 Å². The minimum Gasteiger partial charge on any atom is -0.298 e. The molecule has 4 heteroatoms. The molecule has 0 saturated heterocycles. The SMILES string of the molecule is O=CC1=C[C@H](Cc2ccccc2)[C@@H](c2ccccc2)[C@@H]([N+](=O)[O-])[C@@H]1c1ccccc1. The predicted molar refractivity (Wildman–Crippen MR) is 117 cm³/mol. The number of rotatable bonds is 6. The van der Waals surface area contributed by atoms with Crippen molar-refractivity contribution in [2.24, 2.45) is 5.92 Å². The molecule has 0 saturated carbocycles. The van der Waals surface area contributed by atoms with Crippen molar-refractivity contribution < 1.29 is 9.72 Å². The Bertz CT molecular complexity index is 1030. The van der Waals surface area contributed by atoms with E-state index in [0.29, 0.717) is 12.0 Å². The van der Waals surface area contributed by atoms with Gasteiger partial charge in [-0.1, -0.05) is 97.1 Å². The summed E-state index contributed by atoms with van der Waals surface area (Å²) in [6.07, 6.45) is 3.41. The summed E-state index contributed by atoms with van der Waals surface area (Å²) in [6.45, 7) is 0. The number of aldehydes is 1. The van der Waals surface area contributed by atoms with E-state index in [1.165, 1.54) is 0 Å². The molecular weight excluding hydrogens is 374 g/mol. The fourth-order valence-corrected chi connectivity index (χ4v) is 4.72. The van der Waals surface area contributed by atoms with Gasteiger partial charge in [-0.2, -0.15) is 0 Å². The Kier molecular flexibility index (Phi) is 5.84. The number of hydrogen-bond acceptors (Lipinski definition) is 3. The highest BCUT2D eigenvalue weighted by Gasteiger charge is 2.48. The summed E-state index contributed by atoms with van der Waals surface area (Å²) in [4.78, 5) is 24.3. The van der Waals surface area contributed by atoms with Crippen molar-refractivity contribution in [3.8, 4) is 0 Å². The highest BCUT2D eigenvalue weighted by Crippen LogP contribution is 2.46. The smallest absolute Gasteiger partial charge is 0.231 e. The van der Waals surface area contributed by atoms with E-state index in [-0.39, 0.29) is 16.8 Å². The lowest BCUT2D eigenvalue weighted by Crippen LogP contribution is -2.42. The lowest BCUT2D eigenvalue weighted by atomic mass is 9.65. The highest BCUT2D eigenvalue weighted by atomic mass is 16.6. The van der Waals surface area contributed by atoms with Crippen LogP contribution in [0, 0.1) is 16.0 Å². The zero-order valence-electron chi connectivity index (χ0n) is 16.5. The van der Waals surface area contributed by atoms with Crippen LogP contribution in [0.3, 0.4) is 0 Å². The number of allylic oxidation sites excluding steroid dienone is 1. The molecule has 0 heterocycles. The summed E-state index contributed by atoms with van der Waals surface area (Å²) in [6, 6.07) is 28.1. The van der Waals surface area contributed by atoms with Crippen LogP contribution in [0.5, 0.6) is 0 Å². The van der Waals surface area contributed by atoms with E-state index >= 15 is 0 Å². The Morgan fingerprint density at radius 3 is 1.87 bits per heavy atom. The molecule has 0 bridgehead atoms. The molecule has 1 aliphatic carbocycles. The molecule has 150 valence electrons. The zero-order chi connectivity index (χ0) is 20.9. The molecule has 0 aromatic heterocycles. The molecule has 0 fully saturated rings. The zero-order valence-corrected chi connectivity index (χ0v) is 16.5. The quantitative estimate of drug-likeness (QED) is 0.326. The minimum atomic E-state index is -0.922. The Hall–Kier alpha value is -3.53. The van der Waals surface area contributed by atoms with Crippen molar-refractivity contribution in [1.29, 1.82) is 0 Å². The van der Waals surface area contributed by atoms with Crippen molar-refractivity contribution >= 4 is 6.29 Å².